The van der Waals surface area contributed by atoms with Gasteiger partial charge in [0.1, 0.15) is 17.0 Å². The number of nitrogens with two attached hydrogens (primary N) is 1. The van der Waals surface area contributed by atoms with Crippen molar-refractivity contribution in [1.82, 2.24) is 5.32 Å². The average molecular weight is 417 g/mol. The quantitative estimate of drug-likeness (QED) is 0.339. The number of carboxylic acid groups (broad SMARTS) is 1. The third-order valence-electron chi connectivity index (χ3n) is 3.99. The molecule has 9 nitrogen and oxygen atoms in total. The van der Waals surface area contributed by atoms with E-state index in [1.54, 1.807) is 45.0 Å². The van der Waals surface area contributed by atoms with Crippen LogP contribution in [0, 0.1) is 0 Å². The van der Waals surface area contributed by atoms with E-state index in [1.165, 1.54) is 0 Å². The predicted octanol–water partition coefficient (Wildman–Crippen LogP) is 3.45. The summed E-state index contributed by atoms with van der Waals surface area (Å²) in [5.41, 5.74) is 6.22. The van der Waals surface area contributed by atoms with E-state index in [1.807, 2.05) is 0 Å². The summed E-state index contributed by atoms with van der Waals surface area (Å²) in [6.45, 7) is 5.63. The van der Waals surface area contributed by atoms with Gasteiger partial charge < -0.3 is 25.3 Å². The van der Waals surface area contributed by atoms with Gasteiger partial charge in [-0.15, -0.1) is 0 Å². The minimum Gasteiger partial charge on any atom is -0.481 e. The highest BCUT2D eigenvalue weighted by atomic mass is 16.6. The van der Waals surface area contributed by atoms with Gasteiger partial charge in [-0.25, -0.2) is 4.79 Å². The van der Waals surface area contributed by atoms with Crippen LogP contribution in [-0.2, 0) is 9.53 Å². The van der Waals surface area contributed by atoms with Gasteiger partial charge in [-0.2, -0.15) is 4.99 Å². The van der Waals surface area contributed by atoms with Crippen LogP contribution < -0.4 is 11.1 Å². The molecule has 0 unspecified atom stereocenters. The number of carbonyl (C=O) groups excluding carboxylic acids is 2. The van der Waals surface area contributed by atoms with Crippen LogP contribution in [0.15, 0.2) is 33.7 Å². The van der Waals surface area contributed by atoms with Crippen LogP contribution in [0.25, 0.3) is 11.0 Å². The molecule has 1 heterocycles. The minimum atomic E-state index is -0.822. The second-order valence-corrected chi connectivity index (χ2v) is 7.80. The van der Waals surface area contributed by atoms with E-state index in [-0.39, 0.29) is 23.9 Å². The summed E-state index contributed by atoms with van der Waals surface area (Å²) in [5.74, 6) is -1.03. The van der Waals surface area contributed by atoms with Gasteiger partial charge in [-0.05, 0) is 57.9 Å². The molecule has 0 aliphatic heterocycles. The van der Waals surface area contributed by atoms with E-state index in [0.29, 0.717) is 42.3 Å². The summed E-state index contributed by atoms with van der Waals surface area (Å²) in [5, 5.41) is 12.0. The maximum absolute atomic E-state index is 12.2. The van der Waals surface area contributed by atoms with Gasteiger partial charge in [0.25, 0.3) is 5.91 Å². The lowest BCUT2D eigenvalue weighted by Crippen LogP contribution is -2.24. The van der Waals surface area contributed by atoms with E-state index in [4.69, 9.17) is 20.0 Å². The van der Waals surface area contributed by atoms with Crippen LogP contribution in [0.1, 0.15) is 62.6 Å². The maximum Gasteiger partial charge on any atom is 0.436 e. The fourth-order valence-electron chi connectivity index (χ4n) is 2.63. The number of rotatable bonds is 8. The number of ether oxygens (including phenoxy) is 1. The topological polar surface area (TPSA) is 144 Å². The Bertz CT molecular complexity index is 955. The second-order valence-electron chi connectivity index (χ2n) is 7.80. The van der Waals surface area contributed by atoms with Gasteiger partial charge in [0.05, 0.1) is 0 Å². The lowest BCUT2D eigenvalue weighted by atomic mass is 10.1. The van der Waals surface area contributed by atoms with Crippen LogP contribution in [0.4, 0.5) is 4.79 Å². The number of aliphatic imine (C=N–C) groups is 1. The van der Waals surface area contributed by atoms with Crippen molar-refractivity contribution in [3.8, 4) is 0 Å². The molecule has 0 spiro atoms. The van der Waals surface area contributed by atoms with E-state index in [0.717, 1.165) is 0 Å². The minimum absolute atomic E-state index is 0.000266. The van der Waals surface area contributed by atoms with Gasteiger partial charge >= 0.3 is 12.1 Å². The van der Waals surface area contributed by atoms with Crippen molar-refractivity contribution >= 4 is 34.8 Å². The number of hydrogen-bond acceptors (Lipinski definition) is 5. The number of nitrogens with zero attached hydrogens (tertiary/aromatic N) is 1. The van der Waals surface area contributed by atoms with Crippen LogP contribution in [0.3, 0.4) is 0 Å². The number of carboxylic acids is 1. The largest absolute Gasteiger partial charge is 0.481 e. The van der Waals surface area contributed by atoms with Gasteiger partial charge in [0, 0.05) is 23.9 Å². The fourth-order valence-corrected chi connectivity index (χ4v) is 2.63. The number of amidine groups is 1. The monoisotopic (exact) mass is 417 g/mol. The van der Waals surface area contributed by atoms with Crippen molar-refractivity contribution < 1.29 is 28.6 Å². The molecule has 0 bridgehead atoms. The number of aliphatic carboxylic acids is 1. The molecule has 0 radical (unpaired) electrons. The van der Waals surface area contributed by atoms with Crippen LogP contribution in [-0.4, -0.2) is 41.1 Å². The number of fused-ring (bicyclic) bond motifs is 1. The Morgan fingerprint density at radius 3 is 2.57 bits per heavy atom. The van der Waals surface area contributed by atoms with E-state index >= 15 is 0 Å². The molecule has 30 heavy (non-hydrogen) atoms. The molecule has 2 amide bonds. The number of benzene rings is 1. The number of unbranched alkanes of at least 4 members (excludes halogenated alkanes) is 2. The standard InChI is InChI=1S/C21H27N3O6/c1-21(2,3)30-20(28)24-18(22)13-8-9-15-14(11-13)12-16(29-15)19(27)23-10-6-4-5-7-17(25)26/h8-9,11-12H,4-7,10H2,1-3H3,(H,23,27)(H,25,26)(H2,22,24,28). The van der Waals surface area contributed by atoms with Crippen molar-refractivity contribution in [2.45, 2.75) is 52.1 Å². The number of hydrogen-bond donors (Lipinski definition) is 3. The normalized spacial score (nSPS) is 12.0. The molecular weight excluding hydrogens is 390 g/mol. The highest BCUT2D eigenvalue weighted by Crippen LogP contribution is 2.21. The summed E-state index contributed by atoms with van der Waals surface area (Å²) in [6.07, 6.45) is 1.31. The van der Waals surface area contributed by atoms with Gasteiger partial charge in [0.15, 0.2) is 5.76 Å². The zero-order chi connectivity index (χ0) is 22.3. The van der Waals surface area contributed by atoms with Gasteiger partial charge in [-0.1, -0.05) is 6.42 Å². The average Bonchev–Trinajstić information content (AvgIpc) is 3.05. The van der Waals surface area contributed by atoms with Crippen LogP contribution >= 0.6 is 0 Å². The number of carbonyl (C=O) groups is 3. The summed E-state index contributed by atoms with van der Waals surface area (Å²) in [7, 11) is 0. The molecule has 9 heteroatoms. The lowest BCUT2D eigenvalue weighted by Gasteiger charge is -2.17. The fraction of sp³-hybridized carbons (Fsp3) is 0.429. The van der Waals surface area contributed by atoms with Crippen molar-refractivity contribution in [2.75, 3.05) is 6.54 Å². The molecule has 2 rings (SSSR count). The van der Waals surface area contributed by atoms with Crippen LogP contribution in [0.5, 0.6) is 0 Å². The molecule has 2 aromatic rings. The molecule has 0 aliphatic carbocycles. The summed E-state index contributed by atoms with van der Waals surface area (Å²) >= 11 is 0. The third kappa shape index (κ3) is 7.23. The zero-order valence-corrected chi connectivity index (χ0v) is 17.4. The first-order chi connectivity index (χ1) is 14.0. The number of nitrogens with one attached hydrogen (secondary N) is 1. The first kappa shape index (κ1) is 22.9. The van der Waals surface area contributed by atoms with E-state index in [9.17, 15) is 14.4 Å². The van der Waals surface area contributed by atoms with Crippen molar-refractivity contribution in [1.29, 1.82) is 0 Å². The van der Waals surface area contributed by atoms with Crippen molar-refractivity contribution in [3.05, 3.63) is 35.6 Å². The van der Waals surface area contributed by atoms with E-state index in [2.05, 4.69) is 10.3 Å². The Kier molecular flexibility index (Phi) is 7.57. The Morgan fingerprint density at radius 1 is 1.17 bits per heavy atom. The van der Waals surface area contributed by atoms with Crippen LogP contribution in [0.2, 0.25) is 0 Å². The van der Waals surface area contributed by atoms with Crippen molar-refractivity contribution in [3.63, 3.8) is 0 Å². The maximum atomic E-state index is 12.2. The second kappa shape index (κ2) is 9.91. The lowest BCUT2D eigenvalue weighted by molar-refractivity contribution is -0.137. The highest BCUT2D eigenvalue weighted by Gasteiger charge is 2.17. The number of furan rings is 1. The van der Waals surface area contributed by atoms with Gasteiger partial charge in [-0.3, -0.25) is 9.59 Å². The predicted molar refractivity (Wildman–Crippen MR) is 112 cm³/mol. The molecule has 0 atom stereocenters. The van der Waals surface area contributed by atoms with Crippen molar-refractivity contribution in [2.24, 2.45) is 10.7 Å². The zero-order valence-electron chi connectivity index (χ0n) is 17.4. The summed E-state index contributed by atoms with van der Waals surface area (Å²) in [6, 6.07) is 6.54. The molecule has 1 aromatic heterocycles. The SMILES string of the molecule is CC(C)(C)OC(=O)/N=C(\N)c1ccc2oc(C(=O)NCCCCCC(=O)O)cc2c1. The molecule has 0 aliphatic rings. The third-order valence-corrected chi connectivity index (χ3v) is 3.99. The molecule has 162 valence electrons. The summed E-state index contributed by atoms with van der Waals surface area (Å²) < 4.78 is 10.7. The molecule has 0 saturated carbocycles. The first-order valence-corrected chi connectivity index (χ1v) is 9.66. The Labute approximate surface area is 174 Å². The molecule has 1 aromatic carbocycles. The Balaban J connectivity index is 1.99. The molecular formula is C21H27N3O6. The first-order valence-electron chi connectivity index (χ1n) is 9.66. The molecule has 0 saturated heterocycles. The Morgan fingerprint density at radius 2 is 1.90 bits per heavy atom. The number of amides is 2. The smallest absolute Gasteiger partial charge is 0.436 e. The van der Waals surface area contributed by atoms with E-state index < -0.39 is 17.7 Å². The van der Waals surface area contributed by atoms with Gasteiger partial charge in [0.2, 0.25) is 0 Å². The Hall–Kier alpha value is -3.36. The highest BCUT2D eigenvalue weighted by molar-refractivity contribution is 6.05. The molecule has 0 fully saturated rings. The molecule has 4 N–H and O–H groups in total. The summed E-state index contributed by atoms with van der Waals surface area (Å²) in [4.78, 5) is 38.3.